The average molecular weight is 425 g/mol. The number of carbonyl (C=O) groups is 1. The van der Waals surface area contributed by atoms with Gasteiger partial charge in [-0.05, 0) is 56.9 Å². The molecule has 0 atom stereocenters. The average Bonchev–Trinajstić information content (AvgIpc) is 3.35. The van der Waals surface area contributed by atoms with Crippen LogP contribution in [-0.4, -0.2) is 38.7 Å². The van der Waals surface area contributed by atoms with Gasteiger partial charge in [0.05, 0.1) is 5.69 Å². The van der Waals surface area contributed by atoms with Crippen molar-refractivity contribution < 1.29 is 4.79 Å². The molecule has 1 saturated heterocycles. The normalized spacial score (nSPS) is 13.6. The van der Waals surface area contributed by atoms with Gasteiger partial charge in [-0.1, -0.05) is 17.7 Å². The van der Waals surface area contributed by atoms with Crippen LogP contribution in [0.15, 0.2) is 36.7 Å². The zero-order chi connectivity index (χ0) is 21.1. The summed E-state index contributed by atoms with van der Waals surface area (Å²) in [7, 11) is 0. The minimum atomic E-state index is -0.0535. The van der Waals surface area contributed by atoms with Crippen molar-refractivity contribution in [2.24, 2.45) is 0 Å². The molecule has 1 aliphatic heterocycles. The highest BCUT2D eigenvalue weighted by atomic mass is 35.5. The fraction of sp³-hybridized carbons (Fsp3) is 0.364. The molecule has 3 aromatic rings. The standard InChI is InChI=1S/C22H25ClN6O/c1-15-19(8-9-22(30)26-18-7-5-6-17(23)12-18)16(2)29(27-15)21-13-20(24-14-25-21)28-10-3-4-11-28/h5-7,12-14H,3-4,8-11H2,1-2H3,(H,26,30). The number of hydrogen-bond donors (Lipinski definition) is 1. The van der Waals surface area contributed by atoms with Crippen LogP contribution in [0.25, 0.3) is 5.82 Å². The summed E-state index contributed by atoms with van der Waals surface area (Å²) in [6.07, 6.45) is 4.95. The highest BCUT2D eigenvalue weighted by Gasteiger charge is 2.18. The van der Waals surface area contributed by atoms with Crippen LogP contribution in [0.5, 0.6) is 0 Å². The molecule has 3 heterocycles. The van der Waals surface area contributed by atoms with Crippen LogP contribution in [0.3, 0.4) is 0 Å². The van der Waals surface area contributed by atoms with E-state index in [9.17, 15) is 4.79 Å². The molecule has 2 aromatic heterocycles. The molecule has 7 nitrogen and oxygen atoms in total. The molecule has 8 heteroatoms. The maximum absolute atomic E-state index is 12.4. The van der Waals surface area contributed by atoms with Gasteiger partial charge in [-0.2, -0.15) is 5.10 Å². The molecule has 1 aliphatic rings. The maximum atomic E-state index is 12.4. The number of benzene rings is 1. The van der Waals surface area contributed by atoms with Gasteiger partial charge in [0.2, 0.25) is 5.91 Å². The summed E-state index contributed by atoms with van der Waals surface area (Å²) < 4.78 is 1.85. The second-order valence-electron chi connectivity index (χ2n) is 7.55. The van der Waals surface area contributed by atoms with E-state index >= 15 is 0 Å². The molecule has 0 bridgehead atoms. The van der Waals surface area contributed by atoms with Crippen LogP contribution < -0.4 is 10.2 Å². The molecule has 0 saturated carbocycles. The molecule has 1 amide bonds. The van der Waals surface area contributed by atoms with Crippen molar-refractivity contribution in [3.63, 3.8) is 0 Å². The third-order valence-corrected chi connectivity index (χ3v) is 5.67. The Labute approximate surface area is 181 Å². The number of anilines is 2. The van der Waals surface area contributed by atoms with Crippen molar-refractivity contribution in [3.05, 3.63) is 58.6 Å². The molecule has 1 N–H and O–H groups in total. The van der Waals surface area contributed by atoms with E-state index in [0.29, 0.717) is 23.6 Å². The van der Waals surface area contributed by atoms with Gasteiger partial charge in [0, 0.05) is 42.0 Å². The van der Waals surface area contributed by atoms with Crippen molar-refractivity contribution >= 4 is 29.0 Å². The molecule has 0 radical (unpaired) electrons. The van der Waals surface area contributed by atoms with Crippen molar-refractivity contribution in [2.75, 3.05) is 23.3 Å². The number of nitrogens with zero attached hydrogens (tertiary/aromatic N) is 5. The first-order chi connectivity index (χ1) is 14.5. The highest BCUT2D eigenvalue weighted by molar-refractivity contribution is 6.30. The summed E-state index contributed by atoms with van der Waals surface area (Å²) in [6, 6.07) is 9.14. The minimum absolute atomic E-state index is 0.0535. The molecular formula is C22H25ClN6O. The van der Waals surface area contributed by atoms with E-state index in [2.05, 4.69) is 25.3 Å². The topological polar surface area (TPSA) is 75.9 Å². The largest absolute Gasteiger partial charge is 0.356 e. The van der Waals surface area contributed by atoms with Crippen LogP contribution in [-0.2, 0) is 11.2 Å². The highest BCUT2D eigenvalue weighted by Crippen LogP contribution is 2.23. The fourth-order valence-electron chi connectivity index (χ4n) is 3.86. The predicted molar refractivity (Wildman–Crippen MR) is 118 cm³/mol. The molecule has 30 heavy (non-hydrogen) atoms. The van der Waals surface area contributed by atoms with Gasteiger partial charge in [0.25, 0.3) is 0 Å². The number of carbonyl (C=O) groups excluding carboxylic acids is 1. The lowest BCUT2D eigenvalue weighted by molar-refractivity contribution is -0.116. The number of nitrogens with one attached hydrogen (secondary N) is 1. The van der Waals surface area contributed by atoms with Crippen LogP contribution in [0, 0.1) is 13.8 Å². The van der Waals surface area contributed by atoms with Crippen molar-refractivity contribution in [2.45, 2.75) is 39.5 Å². The Morgan fingerprint density at radius 1 is 1.13 bits per heavy atom. The fourth-order valence-corrected chi connectivity index (χ4v) is 4.05. The third kappa shape index (κ3) is 4.46. The van der Waals surface area contributed by atoms with E-state index in [1.165, 1.54) is 12.8 Å². The first-order valence-corrected chi connectivity index (χ1v) is 10.6. The Morgan fingerprint density at radius 2 is 1.90 bits per heavy atom. The van der Waals surface area contributed by atoms with E-state index in [4.69, 9.17) is 11.6 Å². The quantitative estimate of drug-likeness (QED) is 0.644. The Morgan fingerprint density at radius 3 is 2.67 bits per heavy atom. The van der Waals surface area contributed by atoms with Gasteiger partial charge in [-0.3, -0.25) is 4.79 Å². The van der Waals surface area contributed by atoms with Crippen LogP contribution in [0.1, 0.15) is 36.2 Å². The van der Waals surface area contributed by atoms with Gasteiger partial charge in [-0.15, -0.1) is 0 Å². The summed E-state index contributed by atoms with van der Waals surface area (Å²) in [6.45, 7) is 6.04. The minimum Gasteiger partial charge on any atom is -0.356 e. The van der Waals surface area contributed by atoms with Gasteiger partial charge in [-0.25, -0.2) is 14.6 Å². The van der Waals surface area contributed by atoms with Gasteiger partial charge in [0.15, 0.2) is 5.82 Å². The zero-order valence-electron chi connectivity index (χ0n) is 17.2. The molecule has 156 valence electrons. The van der Waals surface area contributed by atoms with Gasteiger partial charge >= 0.3 is 0 Å². The Kier molecular flexibility index (Phi) is 5.99. The van der Waals surface area contributed by atoms with Crippen LogP contribution >= 0.6 is 11.6 Å². The Hall–Kier alpha value is -2.93. The molecule has 1 aromatic carbocycles. The first-order valence-electron chi connectivity index (χ1n) is 10.2. The van der Waals surface area contributed by atoms with Crippen molar-refractivity contribution in [1.82, 2.24) is 19.7 Å². The molecule has 1 fully saturated rings. The lowest BCUT2D eigenvalue weighted by atomic mass is 10.1. The monoisotopic (exact) mass is 424 g/mol. The molecule has 0 aliphatic carbocycles. The third-order valence-electron chi connectivity index (χ3n) is 5.44. The van der Waals surface area contributed by atoms with E-state index in [-0.39, 0.29) is 5.91 Å². The molecular weight excluding hydrogens is 400 g/mol. The van der Waals surface area contributed by atoms with Crippen LogP contribution in [0.2, 0.25) is 5.02 Å². The van der Waals surface area contributed by atoms with Crippen molar-refractivity contribution in [3.8, 4) is 5.82 Å². The second-order valence-corrected chi connectivity index (χ2v) is 7.98. The Bertz CT molecular complexity index is 1060. The van der Waals surface area contributed by atoms with E-state index in [0.717, 1.165) is 41.7 Å². The molecule has 4 rings (SSSR count). The van der Waals surface area contributed by atoms with Crippen molar-refractivity contribution in [1.29, 1.82) is 0 Å². The van der Waals surface area contributed by atoms with Crippen LogP contribution in [0.4, 0.5) is 11.5 Å². The SMILES string of the molecule is Cc1nn(-c2cc(N3CCCC3)ncn2)c(C)c1CCC(=O)Nc1cccc(Cl)c1. The number of halogens is 1. The number of aromatic nitrogens is 4. The lowest BCUT2D eigenvalue weighted by Gasteiger charge is -2.16. The number of rotatable bonds is 6. The number of amides is 1. The smallest absolute Gasteiger partial charge is 0.224 e. The lowest BCUT2D eigenvalue weighted by Crippen LogP contribution is -2.19. The Balaban J connectivity index is 1.47. The van der Waals surface area contributed by atoms with E-state index < -0.39 is 0 Å². The summed E-state index contributed by atoms with van der Waals surface area (Å²) in [5.41, 5.74) is 3.67. The zero-order valence-corrected chi connectivity index (χ0v) is 18.0. The summed E-state index contributed by atoms with van der Waals surface area (Å²) in [5, 5.41) is 8.17. The first kappa shape index (κ1) is 20.3. The predicted octanol–water partition coefficient (Wildman–Crippen LogP) is 4.10. The maximum Gasteiger partial charge on any atom is 0.224 e. The second kappa shape index (κ2) is 8.83. The summed E-state index contributed by atoms with van der Waals surface area (Å²) in [4.78, 5) is 23.5. The molecule has 0 unspecified atom stereocenters. The number of aryl methyl sites for hydroxylation is 1. The number of hydrogen-bond acceptors (Lipinski definition) is 5. The summed E-state index contributed by atoms with van der Waals surface area (Å²) in [5.74, 6) is 1.64. The van der Waals surface area contributed by atoms with E-state index in [1.54, 1.807) is 18.5 Å². The summed E-state index contributed by atoms with van der Waals surface area (Å²) >= 11 is 5.98. The van der Waals surface area contributed by atoms with Gasteiger partial charge in [0.1, 0.15) is 12.1 Å². The van der Waals surface area contributed by atoms with Gasteiger partial charge < -0.3 is 10.2 Å². The van der Waals surface area contributed by atoms with E-state index in [1.807, 2.05) is 36.7 Å². The molecule has 0 spiro atoms.